The quantitative estimate of drug-likeness (QED) is 0.555. The molecule has 2 fully saturated rings. The van der Waals surface area contributed by atoms with Crippen molar-refractivity contribution in [1.29, 1.82) is 0 Å². The van der Waals surface area contributed by atoms with Crippen LogP contribution in [0.2, 0.25) is 0 Å². The van der Waals surface area contributed by atoms with Crippen LogP contribution in [-0.4, -0.2) is 16.5 Å². The summed E-state index contributed by atoms with van der Waals surface area (Å²) < 4.78 is 0. The third kappa shape index (κ3) is 0.717. The SMILES string of the molecule is CC1(C)[C@@H]2CCC1(C)[C@@H](O)[C@@H]2S. The van der Waals surface area contributed by atoms with E-state index in [-0.39, 0.29) is 22.2 Å². The lowest BCUT2D eigenvalue weighted by atomic mass is 9.70. The molecule has 1 nitrogen and oxygen atoms in total. The summed E-state index contributed by atoms with van der Waals surface area (Å²) in [6.45, 7) is 6.78. The van der Waals surface area contributed by atoms with Gasteiger partial charge in [0.05, 0.1) is 6.10 Å². The fraction of sp³-hybridized carbons (Fsp3) is 1.00. The van der Waals surface area contributed by atoms with Gasteiger partial charge in [-0.25, -0.2) is 0 Å². The molecule has 1 N–H and O–H groups in total. The van der Waals surface area contributed by atoms with E-state index in [4.69, 9.17) is 0 Å². The molecular formula is C10H18OS. The number of hydrogen-bond donors (Lipinski definition) is 2. The van der Waals surface area contributed by atoms with E-state index in [9.17, 15) is 5.11 Å². The average Bonchev–Trinajstić information content (AvgIpc) is 2.26. The molecule has 0 spiro atoms. The van der Waals surface area contributed by atoms with E-state index in [1.165, 1.54) is 12.8 Å². The Morgan fingerprint density at radius 2 is 1.92 bits per heavy atom. The molecule has 0 radical (unpaired) electrons. The van der Waals surface area contributed by atoms with Crippen LogP contribution in [0.25, 0.3) is 0 Å². The maximum atomic E-state index is 10.0. The smallest absolute Gasteiger partial charge is 0.0717 e. The molecule has 0 amide bonds. The summed E-state index contributed by atoms with van der Waals surface area (Å²) in [4.78, 5) is 0. The largest absolute Gasteiger partial charge is 0.391 e. The van der Waals surface area contributed by atoms with Gasteiger partial charge < -0.3 is 5.11 Å². The van der Waals surface area contributed by atoms with Crippen molar-refractivity contribution in [3.05, 3.63) is 0 Å². The van der Waals surface area contributed by atoms with Gasteiger partial charge >= 0.3 is 0 Å². The summed E-state index contributed by atoms with van der Waals surface area (Å²) >= 11 is 4.51. The van der Waals surface area contributed by atoms with Crippen LogP contribution in [0.3, 0.4) is 0 Å². The van der Waals surface area contributed by atoms with Gasteiger partial charge in [0.25, 0.3) is 0 Å². The molecular weight excluding hydrogens is 168 g/mol. The van der Waals surface area contributed by atoms with E-state index in [0.717, 1.165) is 0 Å². The molecule has 0 heterocycles. The molecule has 0 aliphatic heterocycles. The van der Waals surface area contributed by atoms with Crippen LogP contribution in [0.1, 0.15) is 33.6 Å². The maximum absolute atomic E-state index is 10.0. The van der Waals surface area contributed by atoms with Crippen molar-refractivity contribution in [2.24, 2.45) is 16.7 Å². The van der Waals surface area contributed by atoms with Gasteiger partial charge in [0.2, 0.25) is 0 Å². The fourth-order valence-corrected chi connectivity index (χ4v) is 4.14. The first-order chi connectivity index (χ1) is 5.41. The second-order valence-electron chi connectivity index (χ2n) is 5.22. The molecule has 2 aliphatic carbocycles. The van der Waals surface area contributed by atoms with E-state index in [1.54, 1.807) is 0 Å². The summed E-state index contributed by atoms with van der Waals surface area (Å²) in [6, 6.07) is 0. The van der Waals surface area contributed by atoms with E-state index in [0.29, 0.717) is 5.92 Å². The Labute approximate surface area is 80.0 Å². The van der Waals surface area contributed by atoms with Crippen LogP contribution in [0, 0.1) is 16.7 Å². The lowest BCUT2D eigenvalue weighted by Gasteiger charge is -2.36. The normalized spacial score (nSPS) is 56.2. The molecule has 0 aromatic rings. The fourth-order valence-electron chi connectivity index (χ4n) is 3.29. The highest BCUT2D eigenvalue weighted by Crippen LogP contribution is 2.66. The highest BCUT2D eigenvalue weighted by atomic mass is 32.1. The molecule has 1 unspecified atom stereocenters. The van der Waals surface area contributed by atoms with Crippen molar-refractivity contribution in [2.75, 3.05) is 0 Å². The van der Waals surface area contributed by atoms with Crippen LogP contribution >= 0.6 is 12.6 Å². The Balaban J connectivity index is 2.44. The van der Waals surface area contributed by atoms with Crippen molar-refractivity contribution < 1.29 is 5.11 Å². The van der Waals surface area contributed by atoms with Crippen LogP contribution < -0.4 is 0 Å². The molecule has 0 aromatic heterocycles. The number of rotatable bonds is 0. The van der Waals surface area contributed by atoms with Gasteiger partial charge in [0.1, 0.15) is 0 Å². The lowest BCUT2D eigenvalue weighted by Crippen LogP contribution is -2.37. The van der Waals surface area contributed by atoms with Crippen molar-refractivity contribution >= 4 is 12.6 Å². The lowest BCUT2D eigenvalue weighted by molar-refractivity contribution is 0.0150. The minimum absolute atomic E-state index is 0.115. The van der Waals surface area contributed by atoms with Crippen molar-refractivity contribution in [3.63, 3.8) is 0 Å². The molecule has 2 bridgehead atoms. The van der Waals surface area contributed by atoms with Crippen molar-refractivity contribution in [1.82, 2.24) is 0 Å². The third-order valence-electron chi connectivity index (χ3n) is 4.76. The van der Waals surface area contributed by atoms with Gasteiger partial charge in [-0.3, -0.25) is 0 Å². The maximum Gasteiger partial charge on any atom is 0.0717 e. The van der Waals surface area contributed by atoms with Gasteiger partial charge in [-0.2, -0.15) is 12.6 Å². The van der Waals surface area contributed by atoms with Crippen LogP contribution in [-0.2, 0) is 0 Å². The molecule has 2 aliphatic rings. The summed E-state index contributed by atoms with van der Waals surface area (Å²) in [6.07, 6.45) is 2.21. The number of fused-ring (bicyclic) bond motifs is 2. The van der Waals surface area contributed by atoms with Gasteiger partial charge in [0.15, 0.2) is 0 Å². The minimum atomic E-state index is -0.199. The highest BCUT2D eigenvalue weighted by Gasteiger charge is 2.64. The average molecular weight is 186 g/mol. The Hall–Kier alpha value is 0.310. The Morgan fingerprint density at radius 1 is 1.33 bits per heavy atom. The summed E-state index contributed by atoms with van der Waals surface area (Å²) in [5.41, 5.74) is 0.392. The zero-order valence-corrected chi connectivity index (χ0v) is 8.94. The highest BCUT2D eigenvalue weighted by molar-refractivity contribution is 7.81. The van der Waals surface area contributed by atoms with Crippen LogP contribution in [0.5, 0.6) is 0 Å². The molecule has 0 aromatic carbocycles. The first-order valence-corrected chi connectivity index (χ1v) is 5.29. The van der Waals surface area contributed by atoms with E-state index >= 15 is 0 Å². The van der Waals surface area contributed by atoms with Gasteiger partial charge in [0, 0.05) is 5.25 Å². The molecule has 12 heavy (non-hydrogen) atoms. The van der Waals surface area contributed by atoms with Crippen LogP contribution in [0.4, 0.5) is 0 Å². The first-order valence-electron chi connectivity index (χ1n) is 4.77. The van der Waals surface area contributed by atoms with Gasteiger partial charge in [-0.1, -0.05) is 20.8 Å². The van der Waals surface area contributed by atoms with Gasteiger partial charge in [-0.15, -0.1) is 0 Å². The molecule has 2 saturated carbocycles. The molecule has 70 valence electrons. The number of thiol groups is 1. The summed E-state index contributed by atoms with van der Waals surface area (Å²) in [7, 11) is 0. The molecule has 0 saturated heterocycles. The number of hydrogen-bond acceptors (Lipinski definition) is 2. The van der Waals surface area contributed by atoms with Crippen molar-refractivity contribution in [2.45, 2.75) is 45.0 Å². The zero-order chi connectivity index (χ0) is 9.15. The predicted molar refractivity (Wildman–Crippen MR) is 53.4 cm³/mol. The van der Waals surface area contributed by atoms with Gasteiger partial charge in [-0.05, 0) is 29.6 Å². The zero-order valence-electron chi connectivity index (χ0n) is 8.04. The molecule has 4 atom stereocenters. The Morgan fingerprint density at radius 3 is 2.17 bits per heavy atom. The first kappa shape index (κ1) is 8.89. The third-order valence-corrected chi connectivity index (χ3v) is 5.40. The van der Waals surface area contributed by atoms with Crippen molar-refractivity contribution in [3.8, 4) is 0 Å². The number of aliphatic hydroxyl groups is 1. The minimum Gasteiger partial charge on any atom is -0.391 e. The van der Waals surface area contributed by atoms with E-state index < -0.39 is 0 Å². The summed E-state index contributed by atoms with van der Waals surface area (Å²) in [5, 5.41) is 10.2. The van der Waals surface area contributed by atoms with E-state index in [2.05, 4.69) is 33.4 Å². The predicted octanol–water partition coefficient (Wildman–Crippen LogP) is 2.10. The Bertz CT molecular complexity index is 214. The second-order valence-corrected chi connectivity index (χ2v) is 5.82. The standard InChI is InChI=1S/C10H18OS/c1-9(2)6-4-5-10(9,3)8(11)7(6)12/h6-8,11-12H,4-5H2,1-3H3/t6-,7-,8+,10?/m1/s1. The Kier molecular flexibility index (Phi) is 1.64. The van der Waals surface area contributed by atoms with Crippen LogP contribution in [0.15, 0.2) is 0 Å². The molecule has 2 rings (SSSR count). The number of aliphatic hydroxyl groups excluding tert-OH is 1. The van der Waals surface area contributed by atoms with E-state index in [1.807, 2.05) is 0 Å². The molecule has 2 heteroatoms. The second kappa shape index (κ2) is 2.21. The topological polar surface area (TPSA) is 20.2 Å². The monoisotopic (exact) mass is 186 g/mol. The summed E-state index contributed by atoms with van der Waals surface area (Å²) in [5.74, 6) is 0.612.